The number of nitrogens with zero attached hydrogens (tertiary/aromatic N) is 1. The van der Waals surface area contributed by atoms with Gasteiger partial charge in [0.2, 0.25) is 5.91 Å². The number of carbonyl (C=O) groups excluding carboxylic acids is 1. The minimum absolute atomic E-state index is 0.0255. The highest BCUT2D eigenvalue weighted by molar-refractivity contribution is 5.83. The van der Waals surface area contributed by atoms with E-state index in [1.807, 2.05) is 0 Å². The van der Waals surface area contributed by atoms with Crippen molar-refractivity contribution in [3.63, 3.8) is 0 Å². The largest absolute Gasteiger partial charge is 0.347 e. The molecule has 1 N–H and O–H groups in total. The zero-order valence-corrected chi connectivity index (χ0v) is 7.64. The van der Waals surface area contributed by atoms with Crippen LogP contribution in [0.3, 0.4) is 0 Å². The minimum Gasteiger partial charge on any atom is -0.347 e. The van der Waals surface area contributed by atoms with Crippen LogP contribution in [0.5, 0.6) is 0 Å². The topological polar surface area (TPSA) is 32.3 Å². The van der Waals surface area contributed by atoms with E-state index in [2.05, 4.69) is 19.2 Å². The van der Waals surface area contributed by atoms with E-state index in [1.165, 1.54) is 0 Å². The summed E-state index contributed by atoms with van der Waals surface area (Å²) in [6.45, 7) is 5.16. The van der Waals surface area contributed by atoms with Crippen molar-refractivity contribution in [2.24, 2.45) is 5.41 Å². The van der Waals surface area contributed by atoms with E-state index >= 15 is 0 Å². The predicted octanol–water partition coefficient (Wildman–Crippen LogP) is 0.0726. The number of hydrogen-bond donors (Lipinski definition) is 1. The summed E-state index contributed by atoms with van der Waals surface area (Å²) in [5.41, 5.74) is 0.140. The molecular formula is C8H16N2O. The molecule has 64 valence electrons. The van der Waals surface area contributed by atoms with Gasteiger partial charge in [-0.2, -0.15) is 0 Å². The normalized spacial score (nSPS) is 27.5. The maximum absolute atomic E-state index is 11.4. The molecule has 0 aliphatic carbocycles. The van der Waals surface area contributed by atoms with Crippen molar-refractivity contribution in [3.05, 3.63) is 0 Å². The van der Waals surface area contributed by atoms with Crippen LogP contribution < -0.4 is 5.32 Å². The first-order chi connectivity index (χ1) is 4.95. The van der Waals surface area contributed by atoms with Gasteiger partial charge in [0.15, 0.2) is 0 Å². The molecule has 1 heterocycles. The van der Waals surface area contributed by atoms with Gasteiger partial charge in [-0.1, -0.05) is 13.8 Å². The predicted molar refractivity (Wildman–Crippen MR) is 44.3 cm³/mol. The number of rotatable bonds is 1. The molecule has 1 atom stereocenters. The molecule has 0 aromatic carbocycles. The first kappa shape index (κ1) is 8.53. The highest BCUT2D eigenvalue weighted by Crippen LogP contribution is 2.28. The van der Waals surface area contributed by atoms with Crippen LogP contribution in [0.2, 0.25) is 0 Å². The summed E-state index contributed by atoms with van der Waals surface area (Å²) in [4.78, 5) is 13.0. The highest BCUT2D eigenvalue weighted by Gasteiger charge is 2.43. The Labute approximate surface area is 67.8 Å². The van der Waals surface area contributed by atoms with Gasteiger partial charge in [-0.25, -0.2) is 0 Å². The SMILES string of the molecule is CN(C)C(=O)[C@H]1NCC1(C)C. The van der Waals surface area contributed by atoms with Gasteiger partial charge < -0.3 is 10.2 Å². The molecule has 11 heavy (non-hydrogen) atoms. The van der Waals surface area contributed by atoms with Gasteiger partial charge in [0, 0.05) is 26.1 Å². The number of hydrogen-bond acceptors (Lipinski definition) is 2. The Hall–Kier alpha value is -0.570. The van der Waals surface area contributed by atoms with E-state index in [0.29, 0.717) is 0 Å². The Morgan fingerprint density at radius 2 is 2.09 bits per heavy atom. The third kappa shape index (κ3) is 1.38. The van der Waals surface area contributed by atoms with Gasteiger partial charge in [-0.3, -0.25) is 4.79 Å². The number of nitrogens with one attached hydrogen (secondary N) is 1. The Kier molecular flexibility index (Phi) is 1.92. The van der Waals surface area contributed by atoms with Crippen molar-refractivity contribution < 1.29 is 4.79 Å². The zero-order chi connectivity index (χ0) is 8.65. The summed E-state index contributed by atoms with van der Waals surface area (Å²) in [5.74, 6) is 0.182. The second-order valence-electron chi connectivity index (χ2n) is 4.04. The van der Waals surface area contributed by atoms with Crippen LogP contribution in [0, 0.1) is 5.41 Å². The van der Waals surface area contributed by atoms with Gasteiger partial charge in [-0.05, 0) is 0 Å². The fourth-order valence-corrected chi connectivity index (χ4v) is 1.29. The van der Waals surface area contributed by atoms with Crippen molar-refractivity contribution >= 4 is 5.91 Å². The summed E-state index contributed by atoms with van der Waals surface area (Å²) in [6.07, 6.45) is 0. The van der Waals surface area contributed by atoms with Gasteiger partial charge in [0.1, 0.15) is 0 Å². The fraction of sp³-hybridized carbons (Fsp3) is 0.875. The zero-order valence-electron chi connectivity index (χ0n) is 7.64. The lowest BCUT2D eigenvalue weighted by atomic mass is 9.76. The Morgan fingerprint density at radius 3 is 2.18 bits per heavy atom. The molecule has 0 saturated carbocycles. The third-order valence-corrected chi connectivity index (χ3v) is 2.23. The molecule has 0 aromatic rings. The second-order valence-corrected chi connectivity index (χ2v) is 4.04. The smallest absolute Gasteiger partial charge is 0.239 e. The van der Waals surface area contributed by atoms with Crippen LogP contribution in [0.1, 0.15) is 13.8 Å². The van der Waals surface area contributed by atoms with E-state index in [9.17, 15) is 4.79 Å². The van der Waals surface area contributed by atoms with Gasteiger partial charge >= 0.3 is 0 Å². The molecule has 3 heteroatoms. The molecule has 1 rings (SSSR count). The average molecular weight is 156 g/mol. The van der Waals surface area contributed by atoms with Crippen LogP contribution in [-0.4, -0.2) is 37.5 Å². The second kappa shape index (κ2) is 2.48. The summed E-state index contributed by atoms with van der Waals surface area (Å²) in [5, 5.41) is 3.13. The number of likely N-dealkylation sites (N-methyl/N-ethyl adjacent to an activating group) is 1. The molecular weight excluding hydrogens is 140 g/mol. The van der Waals surface area contributed by atoms with E-state index < -0.39 is 0 Å². The van der Waals surface area contributed by atoms with Crippen molar-refractivity contribution in [2.75, 3.05) is 20.6 Å². The number of amides is 1. The standard InChI is InChI=1S/C8H16N2O/c1-8(2)5-9-6(8)7(11)10(3)4/h6,9H,5H2,1-4H3/t6-/m1/s1. The Bertz CT molecular complexity index is 175. The van der Waals surface area contributed by atoms with Crippen LogP contribution >= 0.6 is 0 Å². The Balaban J connectivity index is 2.56. The molecule has 0 aromatic heterocycles. The molecule has 1 aliphatic heterocycles. The lowest BCUT2D eigenvalue weighted by Gasteiger charge is -2.45. The van der Waals surface area contributed by atoms with E-state index in [1.54, 1.807) is 19.0 Å². The molecule has 1 fully saturated rings. The van der Waals surface area contributed by atoms with E-state index in [4.69, 9.17) is 0 Å². The maximum Gasteiger partial charge on any atom is 0.239 e. The highest BCUT2D eigenvalue weighted by atomic mass is 16.2. The summed E-state index contributed by atoms with van der Waals surface area (Å²) in [6, 6.07) is 0.0255. The first-order valence-corrected chi connectivity index (χ1v) is 3.90. The van der Waals surface area contributed by atoms with Gasteiger partial charge in [-0.15, -0.1) is 0 Å². The first-order valence-electron chi connectivity index (χ1n) is 3.90. The number of carbonyl (C=O) groups is 1. The van der Waals surface area contributed by atoms with Crippen molar-refractivity contribution in [2.45, 2.75) is 19.9 Å². The monoisotopic (exact) mass is 156 g/mol. The molecule has 1 saturated heterocycles. The van der Waals surface area contributed by atoms with Crippen LogP contribution in [0.25, 0.3) is 0 Å². The fourth-order valence-electron chi connectivity index (χ4n) is 1.29. The van der Waals surface area contributed by atoms with Crippen LogP contribution in [0.15, 0.2) is 0 Å². The quantitative estimate of drug-likeness (QED) is 0.583. The molecule has 1 amide bonds. The molecule has 0 radical (unpaired) electrons. The molecule has 0 unspecified atom stereocenters. The molecule has 3 nitrogen and oxygen atoms in total. The lowest BCUT2D eigenvalue weighted by Crippen LogP contribution is -2.65. The summed E-state index contributed by atoms with van der Waals surface area (Å²) in [7, 11) is 3.58. The third-order valence-electron chi connectivity index (χ3n) is 2.23. The van der Waals surface area contributed by atoms with Gasteiger partial charge in [0.25, 0.3) is 0 Å². The van der Waals surface area contributed by atoms with Crippen molar-refractivity contribution in [1.29, 1.82) is 0 Å². The van der Waals surface area contributed by atoms with E-state index in [-0.39, 0.29) is 17.4 Å². The van der Waals surface area contributed by atoms with Crippen molar-refractivity contribution in [3.8, 4) is 0 Å². The summed E-state index contributed by atoms with van der Waals surface area (Å²) >= 11 is 0. The van der Waals surface area contributed by atoms with E-state index in [0.717, 1.165) is 6.54 Å². The molecule has 0 bridgehead atoms. The van der Waals surface area contributed by atoms with Crippen LogP contribution in [-0.2, 0) is 4.79 Å². The minimum atomic E-state index is 0.0255. The Morgan fingerprint density at radius 1 is 1.55 bits per heavy atom. The van der Waals surface area contributed by atoms with Gasteiger partial charge in [0.05, 0.1) is 6.04 Å². The average Bonchev–Trinajstić information content (AvgIpc) is 1.85. The lowest BCUT2D eigenvalue weighted by molar-refractivity contribution is -0.137. The maximum atomic E-state index is 11.4. The molecule has 1 aliphatic rings. The van der Waals surface area contributed by atoms with Crippen molar-refractivity contribution in [1.82, 2.24) is 10.2 Å². The van der Waals surface area contributed by atoms with Crippen LogP contribution in [0.4, 0.5) is 0 Å². The molecule has 0 spiro atoms. The summed E-state index contributed by atoms with van der Waals surface area (Å²) < 4.78 is 0.